The minimum Gasteiger partial charge on any atom is -0.474 e. The molecule has 0 aliphatic rings. The number of thioether (sulfide) groups is 1. The van der Waals surface area contributed by atoms with Crippen molar-refractivity contribution in [2.24, 2.45) is 0 Å². The predicted molar refractivity (Wildman–Crippen MR) is 48.2 cm³/mol. The van der Waals surface area contributed by atoms with E-state index in [2.05, 4.69) is 11.9 Å². The minimum absolute atomic E-state index is 0.379. The van der Waals surface area contributed by atoms with E-state index in [-0.39, 0.29) is 0 Å². The number of carbonyl (C=O) groups excluding carboxylic acids is 1. The molecule has 0 atom stereocenters. The second-order valence-corrected chi connectivity index (χ2v) is 3.07. The van der Waals surface area contributed by atoms with Crippen LogP contribution in [0.4, 0.5) is 0 Å². The van der Waals surface area contributed by atoms with Gasteiger partial charge in [-0.05, 0) is 0 Å². The van der Waals surface area contributed by atoms with Crippen molar-refractivity contribution < 1.29 is 14.7 Å². The zero-order valence-electron chi connectivity index (χ0n) is 6.58. The van der Waals surface area contributed by atoms with E-state index in [0.717, 1.165) is 5.75 Å². The molecule has 4 nitrogen and oxygen atoms in total. The maximum absolute atomic E-state index is 10.4. The van der Waals surface area contributed by atoms with E-state index in [0.29, 0.717) is 12.3 Å². The van der Waals surface area contributed by atoms with Crippen molar-refractivity contribution in [3.63, 3.8) is 0 Å². The van der Waals surface area contributed by atoms with Crippen LogP contribution in [0, 0.1) is 0 Å². The SMILES string of the molecule is C=CCSCCNC(=O)C(=O)O. The quantitative estimate of drug-likeness (QED) is 0.366. The molecule has 0 saturated heterocycles. The molecule has 0 heterocycles. The lowest BCUT2D eigenvalue weighted by Crippen LogP contribution is -2.32. The molecular weight excluding hydrogens is 178 g/mol. The molecular formula is C7H11NO3S. The van der Waals surface area contributed by atoms with Gasteiger partial charge in [0.2, 0.25) is 0 Å². The van der Waals surface area contributed by atoms with Gasteiger partial charge in [0.1, 0.15) is 0 Å². The van der Waals surface area contributed by atoms with Crippen LogP contribution in [-0.2, 0) is 9.59 Å². The molecule has 0 radical (unpaired) electrons. The third-order valence-electron chi connectivity index (χ3n) is 0.962. The van der Waals surface area contributed by atoms with Crippen molar-refractivity contribution in [1.82, 2.24) is 5.32 Å². The van der Waals surface area contributed by atoms with Gasteiger partial charge in [-0.15, -0.1) is 6.58 Å². The Morgan fingerprint density at radius 3 is 2.75 bits per heavy atom. The van der Waals surface area contributed by atoms with Gasteiger partial charge in [-0.2, -0.15) is 11.8 Å². The zero-order valence-corrected chi connectivity index (χ0v) is 7.39. The highest BCUT2D eigenvalue weighted by molar-refractivity contribution is 7.99. The molecule has 68 valence electrons. The van der Waals surface area contributed by atoms with E-state index >= 15 is 0 Å². The predicted octanol–water partition coefficient (Wildman–Crippen LogP) is 0.106. The van der Waals surface area contributed by atoms with Gasteiger partial charge in [-0.3, -0.25) is 4.79 Å². The minimum atomic E-state index is -1.44. The van der Waals surface area contributed by atoms with Gasteiger partial charge in [0.15, 0.2) is 0 Å². The van der Waals surface area contributed by atoms with Gasteiger partial charge >= 0.3 is 11.9 Å². The summed E-state index contributed by atoms with van der Waals surface area (Å²) in [6.45, 7) is 3.90. The summed E-state index contributed by atoms with van der Waals surface area (Å²) < 4.78 is 0. The number of aliphatic carboxylic acids is 1. The fourth-order valence-corrected chi connectivity index (χ4v) is 1.06. The lowest BCUT2D eigenvalue weighted by Gasteiger charge is -1.99. The molecule has 0 rings (SSSR count). The van der Waals surface area contributed by atoms with Crippen LogP contribution in [0.3, 0.4) is 0 Å². The first-order valence-corrected chi connectivity index (χ1v) is 4.53. The molecule has 0 aromatic rings. The van der Waals surface area contributed by atoms with Crippen LogP contribution in [0.5, 0.6) is 0 Å². The second-order valence-electron chi connectivity index (χ2n) is 1.92. The number of carboxylic acid groups (broad SMARTS) is 1. The first kappa shape index (κ1) is 11.0. The largest absolute Gasteiger partial charge is 0.474 e. The Hall–Kier alpha value is -0.970. The van der Waals surface area contributed by atoms with Crippen molar-refractivity contribution in [2.45, 2.75) is 0 Å². The molecule has 0 unspecified atom stereocenters. The Labute approximate surface area is 75.0 Å². The van der Waals surface area contributed by atoms with Gasteiger partial charge in [0.05, 0.1) is 0 Å². The van der Waals surface area contributed by atoms with E-state index in [1.165, 1.54) is 0 Å². The van der Waals surface area contributed by atoms with Crippen LogP contribution in [0.2, 0.25) is 0 Å². The van der Waals surface area contributed by atoms with E-state index in [1.807, 2.05) is 0 Å². The van der Waals surface area contributed by atoms with Gasteiger partial charge in [0.25, 0.3) is 0 Å². The highest BCUT2D eigenvalue weighted by atomic mass is 32.2. The smallest absolute Gasteiger partial charge is 0.394 e. The molecule has 5 heteroatoms. The maximum Gasteiger partial charge on any atom is 0.394 e. The van der Waals surface area contributed by atoms with Crippen LogP contribution < -0.4 is 5.32 Å². The Morgan fingerprint density at radius 2 is 2.25 bits per heavy atom. The highest BCUT2D eigenvalue weighted by Gasteiger charge is 2.08. The van der Waals surface area contributed by atoms with Crippen molar-refractivity contribution in [1.29, 1.82) is 0 Å². The van der Waals surface area contributed by atoms with E-state index < -0.39 is 11.9 Å². The first-order chi connectivity index (χ1) is 5.68. The molecule has 2 N–H and O–H groups in total. The van der Waals surface area contributed by atoms with Crippen LogP contribution in [0.15, 0.2) is 12.7 Å². The average Bonchev–Trinajstić information content (AvgIpc) is 2.03. The number of hydrogen-bond acceptors (Lipinski definition) is 3. The third kappa shape index (κ3) is 5.79. The van der Waals surface area contributed by atoms with Crippen LogP contribution >= 0.6 is 11.8 Å². The molecule has 0 aliphatic carbocycles. The second kappa shape index (κ2) is 6.72. The van der Waals surface area contributed by atoms with Gasteiger partial charge in [-0.1, -0.05) is 6.08 Å². The summed E-state index contributed by atoms with van der Waals surface area (Å²) in [7, 11) is 0. The Bertz CT molecular complexity index is 181. The number of nitrogens with one attached hydrogen (secondary N) is 1. The molecule has 1 amide bonds. The van der Waals surface area contributed by atoms with Crippen molar-refractivity contribution >= 4 is 23.6 Å². The van der Waals surface area contributed by atoms with Crippen molar-refractivity contribution in [3.05, 3.63) is 12.7 Å². The molecule has 0 aliphatic heterocycles. The topological polar surface area (TPSA) is 66.4 Å². The van der Waals surface area contributed by atoms with Crippen LogP contribution in [0.1, 0.15) is 0 Å². The van der Waals surface area contributed by atoms with Crippen LogP contribution in [-0.4, -0.2) is 35.0 Å². The Balaban J connectivity index is 3.25. The van der Waals surface area contributed by atoms with Gasteiger partial charge < -0.3 is 10.4 Å². The summed E-state index contributed by atoms with van der Waals surface area (Å²) in [6.07, 6.45) is 1.75. The summed E-state index contributed by atoms with van der Waals surface area (Å²) in [5, 5.41) is 10.4. The standard InChI is InChI=1S/C7H11NO3S/c1-2-4-12-5-3-8-6(9)7(10)11/h2H,1,3-5H2,(H,8,9)(H,10,11). The fraction of sp³-hybridized carbons (Fsp3) is 0.429. The monoisotopic (exact) mass is 189 g/mol. The molecule has 0 saturated carbocycles. The first-order valence-electron chi connectivity index (χ1n) is 3.38. The summed E-state index contributed by atoms with van der Waals surface area (Å²) in [6, 6.07) is 0. The molecule has 0 aromatic carbocycles. The highest BCUT2D eigenvalue weighted by Crippen LogP contribution is 1.96. The third-order valence-corrected chi connectivity index (χ3v) is 1.93. The summed E-state index contributed by atoms with van der Waals surface area (Å²) in [4.78, 5) is 20.4. The molecule has 0 aromatic heterocycles. The summed E-state index contributed by atoms with van der Waals surface area (Å²) in [5.74, 6) is -0.883. The lowest BCUT2D eigenvalue weighted by molar-refractivity contribution is -0.150. The lowest BCUT2D eigenvalue weighted by atomic mass is 10.6. The molecule has 0 fully saturated rings. The zero-order chi connectivity index (χ0) is 9.40. The van der Waals surface area contributed by atoms with E-state index in [1.54, 1.807) is 17.8 Å². The van der Waals surface area contributed by atoms with E-state index in [9.17, 15) is 9.59 Å². The van der Waals surface area contributed by atoms with Crippen molar-refractivity contribution in [3.8, 4) is 0 Å². The van der Waals surface area contributed by atoms with Crippen molar-refractivity contribution in [2.75, 3.05) is 18.1 Å². The molecule has 0 spiro atoms. The average molecular weight is 189 g/mol. The number of hydrogen-bond donors (Lipinski definition) is 2. The Kier molecular flexibility index (Phi) is 6.18. The Morgan fingerprint density at radius 1 is 1.58 bits per heavy atom. The fourth-order valence-electron chi connectivity index (χ4n) is 0.479. The van der Waals surface area contributed by atoms with Gasteiger partial charge in [0, 0.05) is 18.1 Å². The normalized spacial score (nSPS) is 9.00. The van der Waals surface area contributed by atoms with Crippen LogP contribution in [0.25, 0.3) is 0 Å². The summed E-state index contributed by atoms with van der Waals surface area (Å²) in [5.41, 5.74) is 0. The maximum atomic E-state index is 10.4. The number of carboxylic acids is 1. The summed E-state index contributed by atoms with van der Waals surface area (Å²) >= 11 is 1.58. The number of rotatable bonds is 5. The number of carbonyl (C=O) groups is 2. The number of amides is 1. The molecule has 0 bridgehead atoms. The molecule has 12 heavy (non-hydrogen) atoms. The van der Waals surface area contributed by atoms with Gasteiger partial charge in [-0.25, -0.2) is 4.79 Å². The van der Waals surface area contributed by atoms with E-state index in [4.69, 9.17) is 5.11 Å².